The highest BCUT2D eigenvalue weighted by molar-refractivity contribution is 5.31. The summed E-state index contributed by atoms with van der Waals surface area (Å²) in [4.78, 5) is 2.65. The standard InChI is InChI=1S/C16H24N2/c1-18(14-7-3-4-8-14)16-10-11-17-12-13-6-2-5-9-15(13)16/h2,5-6,9,14,16-17H,3-4,7-8,10-12H2,1H3. The lowest BCUT2D eigenvalue weighted by atomic mass is 9.97. The summed E-state index contributed by atoms with van der Waals surface area (Å²) >= 11 is 0. The first-order chi connectivity index (χ1) is 8.86. The van der Waals surface area contributed by atoms with E-state index in [0.29, 0.717) is 6.04 Å². The van der Waals surface area contributed by atoms with Crippen molar-refractivity contribution in [1.29, 1.82) is 0 Å². The van der Waals surface area contributed by atoms with Gasteiger partial charge in [-0.1, -0.05) is 37.1 Å². The maximum absolute atomic E-state index is 3.55. The molecule has 1 aromatic rings. The van der Waals surface area contributed by atoms with Crippen molar-refractivity contribution < 1.29 is 0 Å². The molecule has 1 atom stereocenters. The Kier molecular flexibility index (Phi) is 3.67. The SMILES string of the molecule is CN(C1CCCC1)C1CCNCc2ccccc21. The molecule has 1 fully saturated rings. The zero-order valence-corrected chi connectivity index (χ0v) is 11.4. The first-order valence-electron chi connectivity index (χ1n) is 7.37. The van der Waals surface area contributed by atoms with Gasteiger partial charge in [-0.3, -0.25) is 4.90 Å². The van der Waals surface area contributed by atoms with Gasteiger partial charge in [-0.2, -0.15) is 0 Å². The average molecular weight is 244 g/mol. The molecule has 1 aromatic carbocycles. The zero-order chi connectivity index (χ0) is 12.4. The Morgan fingerprint density at radius 1 is 1.11 bits per heavy atom. The summed E-state index contributed by atoms with van der Waals surface area (Å²) in [5.41, 5.74) is 3.04. The van der Waals surface area contributed by atoms with Gasteiger partial charge in [-0.15, -0.1) is 0 Å². The lowest BCUT2D eigenvalue weighted by molar-refractivity contribution is 0.168. The topological polar surface area (TPSA) is 15.3 Å². The van der Waals surface area contributed by atoms with Crippen LogP contribution in [0, 0.1) is 0 Å². The number of hydrogen-bond acceptors (Lipinski definition) is 2. The summed E-state index contributed by atoms with van der Waals surface area (Å²) in [6.45, 7) is 2.17. The van der Waals surface area contributed by atoms with Gasteiger partial charge in [-0.25, -0.2) is 0 Å². The van der Waals surface area contributed by atoms with E-state index < -0.39 is 0 Å². The van der Waals surface area contributed by atoms with Crippen LogP contribution in [0.2, 0.25) is 0 Å². The van der Waals surface area contributed by atoms with Crippen LogP contribution in [0.4, 0.5) is 0 Å². The quantitative estimate of drug-likeness (QED) is 0.860. The molecule has 18 heavy (non-hydrogen) atoms. The van der Waals surface area contributed by atoms with E-state index in [1.54, 1.807) is 5.56 Å². The number of nitrogens with zero attached hydrogens (tertiary/aromatic N) is 1. The normalized spacial score (nSPS) is 25.1. The molecule has 0 amide bonds. The first kappa shape index (κ1) is 12.2. The molecule has 1 aliphatic heterocycles. The third-order valence-corrected chi connectivity index (χ3v) is 4.72. The van der Waals surface area contributed by atoms with Crippen molar-refractivity contribution in [1.82, 2.24) is 10.2 Å². The number of hydrogen-bond donors (Lipinski definition) is 1. The van der Waals surface area contributed by atoms with Crippen molar-refractivity contribution in [3.05, 3.63) is 35.4 Å². The Morgan fingerprint density at radius 3 is 2.72 bits per heavy atom. The van der Waals surface area contributed by atoms with Crippen molar-refractivity contribution >= 4 is 0 Å². The van der Waals surface area contributed by atoms with E-state index >= 15 is 0 Å². The summed E-state index contributed by atoms with van der Waals surface area (Å²) < 4.78 is 0. The molecule has 98 valence electrons. The highest BCUT2D eigenvalue weighted by Gasteiger charge is 2.28. The predicted octanol–water partition coefficient (Wildman–Crippen LogP) is 3.10. The Bertz CT molecular complexity index is 396. The van der Waals surface area contributed by atoms with E-state index in [1.807, 2.05) is 0 Å². The Hall–Kier alpha value is -0.860. The van der Waals surface area contributed by atoms with E-state index in [4.69, 9.17) is 0 Å². The fourth-order valence-electron chi connectivity index (χ4n) is 3.63. The number of rotatable bonds is 2. The minimum absolute atomic E-state index is 0.610. The van der Waals surface area contributed by atoms with E-state index in [0.717, 1.165) is 19.1 Å². The van der Waals surface area contributed by atoms with Crippen LogP contribution in [0.3, 0.4) is 0 Å². The Morgan fingerprint density at radius 2 is 1.89 bits per heavy atom. The van der Waals surface area contributed by atoms with Gasteiger partial charge in [0.25, 0.3) is 0 Å². The summed E-state index contributed by atoms with van der Waals surface area (Å²) in [7, 11) is 2.34. The first-order valence-corrected chi connectivity index (χ1v) is 7.37. The van der Waals surface area contributed by atoms with Crippen LogP contribution in [-0.4, -0.2) is 24.5 Å². The van der Waals surface area contributed by atoms with E-state index in [9.17, 15) is 0 Å². The number of benzene rings is 1. The average Bonchev–Trinajstić information content (AvgIpc) is 2.85. The van der Waals surface area contributed by atoms with Gasteiger partial charge in [-0.05, 0) is 44.0 Å². The molecule has 0 bridgehead atoms. The van der Waals surface area contributed by atoms with Crippen LogP contribution >= 0.6 is 0 Å². The Labute approximate surface area is 110 Å². The molecular weight excluding hydrogens is 220 g/mol. The molecule has 0 aromatic heterocycles. The lowest BCUT2D eigenvalue weighted by Gasteiger charge is -2.33. The van der Waals surface area contributed by atoms with Gasteiger partial charge >= 0.3 is 0 Å². The summed E-state index contributed by atoms with van der Waals surface area (Å²) in [6.07, 6.45) is 6.86. The molecule has 0 saturated heterocycles. The van der Waals surface area contributed by atoms with E-state index in [-0.39, 0.29) is 0 Å². The van der Waals surface area contributed by atoms with E-state index in [2.05, 4.69) is 41.5 Å². The summed E-state index contributed by atoms with van der Waals surface area (Å²) in [6, 6.07) is 10.4. The maximum atomic E-state index is 3.55. The number of nitrogens with one attached hydrogen (secondary N) is 1. The van der Waals surface area contributed by atoms with Gasteiger partial charge < -0.3 is 5.32 Å². The van der Waals surface area contributed by atoms with Crippen LogP contribution in [0.5, 0.6) is 0 Å². The molecule has 2 heteroatoms. The van der Waals surface area contributed by atoms with Gasteiger partial charge in [0.1, 0.15) is 0 Å². The van der Waals surface area contributed by atoms with Crippen molar-refractivity contribution in [2.75, 3.05) is 13.6 Å². The minimum Gasteiger partial charge on any atom is -0.313 e. The molecule has 1 heterocycles. The molecule has 1 saturated carbocycles. The van der Waals surface area contributed by atoms with Gasteiger partial charge in [0.2, 0.25) is 0 Å². The molecular formula is C16H24N2. The van der Waals surface area contributed by atoms with Crippen molar-refractivity contribution in [3.63, 3.8) is 0 Å². The van der Waals surface area contributed by atoms with Crippen LogP contribution < -0.4 is 5.32 Å². The monoisotopic (exact) mass is 244 g/mol. The Balaban J connectivity index is 1.86. The summed E-state index contributed by atoms with van der Waals surface area (Å²) in [5, 5.41) is 3.55. The van der Waals surface area contributed by atoms with Crippen LogP contribution in [0.25, 0.3) is 0 Å². The second-order valence-corrected chi connectivity index (χ2v) is 5.78. The fourth-order valence-corrected chi connectivity index (χ4v) is 3.63. The van der Waals surface area contributed by atoms with Gasteiger partial charge in [0.05, 0.1) is 0 Å². The third kappa shape index (κ3) is 2.32. The van der Waals surface area contributed by atoms with Gasteiger partial charge in [0.15, 0.2) is 0 Å². The fraction of sp³-hybridized carbons (Fsp3) is 0.625. The van der Waals surface area contributed by atoms with E-state index in [1.165, 1.54) is 37.7 Å². The molecule has 2 aliphatic rings. The second kappa shape index (κ2) is 5.41. The lowest BCUT2D eigenvalue weighted by Crippen LogP contribution is -2.34. The molecule has 2 nitrogen and oxygen atoms in total. The highest BCUT2D eigenvalue weighted by Crippen LogP contribution is 2.33. The molecule has 0 radical (unpaired) electrons. The predicted molar refractivity (Wildman–Crippen MR) is 75.5 cm³/mol. The third-order valence-electron chi connectivity index (χ3n) is 4.72. The van der Waals surface area contributed by atoms with Crippen molar-refractivity contribution in [3.8, 4) is 0 Å². The zero-order valence-electron chi connectivity index (χ0n) is 11.4. The highest BCUT2D eigenvalue weighted by atomic mass is 15.2. The van der Waals surface area contributed by atoms with Crippen LogP contribution in [0.1, 0.15) is 49.3 Å². The van der Waals surface area contributed by atoms with Crippen LogP contribution in [0.15, 0.2) is 24.3 Å². The van der Waals surface area contributed by atoms with Gasteiger partial charge in [0, 0.05) is 18.6 Å². The molecule has 0 spiro atoms. The van der Waals surface area contributed by atoms with Crippen molar-refractivity contribution in [2.24, 2.45) is 0 Å². The molecule has 1 unspecified atom stereocenters. The molecule has 1 N–H and O–H groups in total. The number of fused-ring (bicyclic) bond motifs is 1. The molecule has 1 aliphatic carbocycles. The van der Waals surface area contributed by atoms with Crippen molar-refractivity contribution in [2.45, 2.75) is 50.7 Å². The smallest absolute Gasteiger partial charge is 0.0363 e. The molecule has 3 rings (SSSR count). The second-order valence-electron chi connectivity index (χ2n) is 5.78. The minimum atomic E-state index is 0.610. The summed E-state index contributed by atoms with van der Waals surface area (Å²) in [5.74, 6) is 0. The maximum Gasteiger partial charge on any atom is 0.0363 e. The largest absolute Gasteiger partial charge is 0.313 e. The van der Waals surface area contributed by atoms with Crippen LogP contribution in [-0.2, 0) is 6.54 Å².